The number of aliphatic carboxylic acids is 1. The lowest BCUT2D eigenvalue weighted by Gasteiger charge is -2.25. The van der Waals surface area contributed by atoms with Crippen LogP contribution in [0.25, 0.3) is 10.8 Å². The first kappa shape index (κ1) is 22.8. The van der Waals surface area contributed by atoms with Crippen molar-refractivity contribution in [2.45, 2.75) is 64.2 Å². The first-order valence-corrected chi connectivity index (χ1v) is 11.6. The van der Waals surface area contributed by atoms with Gasteiger partial charge in [-0.05, 0) is 36.4 Å². The Morgan fingerprint density at radius 2 is 1.35 bits per heavy atom. The molecule has 0 unspecified atom stereocenters. The molecule has 1 aromatic heterocycles. The molecule has 0 saturated heterocycles. The van der Waals surface area contributed by atoms with Crippen LogP contribution >= 0.6 is 0 Å². The fourth-order valence-corrected chi connectivity index (χ4v) is 4.07. The van der Waals surface area contributed by atoms with Gasteiger partial charge in [0.05, 0.1) is 0 Å². The van der Waals surface area contributed by atoms with Gasteiger partial charge in [-0.25, -0.2) is 4.98 Å². The van der Waals surface area contributed by atoms with Gasteiger partial charge in [0.2, 0.25) is 0 Å². The van der Waals surface area contributed by atoms with Gasteiger partial charge in [-0.15, -0.1) is 0 Å². The number of unbranched alkanes of at least 4 members (excludes halogenated alkanes) is 8. The average Bonchev–Trinajstić information content (AvgIpc) is 2.80. The van der Waals surface area contributed by atoms with E-state index in [2.05, 4.69) is 65.6 Å². The largest absolute Gasteiger partial charge is 0.481 e. The SMILES string of the molecule is O=C(O)CCCCCCCCCCCN(c1ccccc1)c1nccc2ccccc12. The predicted molar refractivity (Wildman–Crippen MR) is 129 cm³/mol. The lowest BCUT2D eigenvalue weighted by atomic mass is 10.1. The summed E-state index contributed by atoms with van der Waals surface area (Å²) in [6.07, 6.45) is 12.6. The maximum atomic E-state index is 10.5. The molecule has 164 valence electrons. The molecule has 4 heteroatoms. The highest BCUT2D eigenvalue weighted by atomic mass is 16.4. The molecular formula is C27H34N2O2. The zero-order chi connectivity index (χ0) is 21.7. The summed E-state index contributed by atoms with van der Waals surface area (Å²) in [6.45, 7) is 0.959. The molecule has 0 amide bonds. The minimum absolute atomic E-state index is 0.309. The quantitative estimate of drug-likeness (QED) is 0.278. The van der Waals surface area contributed by atoms with E-state index < -0.39 is 5.97 Å². The first-order chi connectivity index (χ1) is 15.3. The molecule has 3 aromatic rings. The number of benzene rings is 2. The van der Waals surface area contributed by atoms with Crippen molar-refractivity contribution < 1.29 is 9.90 Å². The number of carboxylic acids is 1. The smallest absolute Gasteiger partial charge is 0.303 e. The van der Waals surface area contributed by atoms with E-state index in [0.29, 0.717) is 6.42 Å². The number of fused-ring (bicyclic) bond motifs is 1. The lowest BCUT2D eigenvalue weighted by molar-refractivity contribution is -0.137. The lowest BCUT2D eigenvalue weighted by Crippen LogP contribution is -2.19. The fraction of sp³-hybridized carbons (Fsp3) is 0.407. The van der Waals surface area contributed by atoms with Crippen LogP contribution in [-0.4, -0.2) is 22.6 Å². The van der Waals surface area contributed by atoms with Crippen molar-refractivity contribution in [3.8, 4) is 0 Å². The molecule has 0 spiro atoms. The minimum Gasteiger partial charge on any atom is -0.481 e. The number of pyridine rings is 1. The van der Waals surface area contributed by atoms with Crippen LogP contribution in [-0.2, 0) is 4.79 Å². The number of rotatable bonds is 14. The molecular weight excluding hydrogens is 384 g/mol. The van der Waals surface area contributed by atoms with Crippen LogP contribution in [0.5, 0.6) is 0 Å². The van der Waals surface area contributed by atoms with Crippen molar-refractivity contribution in [2.75, 3.05) is 11.4 Å². The van der Waals surface area contributed by atoms with Crippen LogP contribution in [0.2, 0.25) is 0 Å². The predicted octanol–water partition coefficient (Wildman–Crippen LogP) is 7.36. The Morgan fingerprint density at radius 1 is 0.742 bits per heavy atom. The molecule has 4 nitrogen and oxygen atoms in total. The number of hydrogen-bond acceptors (Lipinski definition) is 3. The van der Waals surface area contributed by atoms with E-state index in [0.717, 1.165) is 38.0 Å². The van der Waals surface area contributed by atoms with Crippen molar-refractivity contribution in [1.82, 2.24) is 4.98 Å². The molecule has 0 aliphatic rings. The second-order valence-electron chi connectivity index (χ2n) is 8.17. The summed E-state index contributed by atoms with van der Waals surface area (Å²) >= 11 is 0. The van der Waals surface area contributed by atoms with E-state index in [1.807, 2.05) is 6.20 Å². The topological polar surface area (TPSA) is 53.4 Å². The van der Waals surface area contributed by atoms with Gasteiger partial charge in [0, 0.05) is 30.2 Å². The number of para-hydroxylation sites is 1. The molecule has 0 radical (unpaired) electrons. The molecule has 2 aromatic carbocycles. The zero-order valence-corrected chi connectivity index (χ0v) is 18.4. The maximum absolute atomic E-state index is 10.5. The van der Waals surface area contributed by atoms with Gasteiger partial charge >= 0.3 is 5.97 Å². The number of carbonyl (C=O) groups is 1. The number of hydrogen-bond donors (Lipinski definition) is 1. The Balaban J connectivity index is 1.47. The van der Waals surface area contributed by atoms with Crippen molar-refractivity contribution in [2.24, 2.45) is 0 Å². The molecule has 31 heavy (non-hydrogen) atoms. The highest BCUT2D eigenvalue weighted by molar-refractivity contribution is 5.93. The van der Waals surface area contributed by atoms with Crippen molar-refractivity contribution in [3.63, 3.8) is 0 Å². The van der Waals surface area contributed by atoms with Gasteiger partial charge in [-0.1, -0.05) is 87.4 Å². The van der Waals surface area contributed by atoms with E-state index in [9.17, 15) is 4.79 Å². The van der Waals surface area contributed by atoms with Crippen LogP contribution in [0, 0.1) is 0 Å². The van der Waals surface area contributed by atoms with Gasteiger partial charge in [0.25, 0.3) is 0 Å². The Labute approximate surface area is 185 Å². The summed E-state index contributed by atoms with van der Waals surface area (Å²) in [5.74, 6) is 0.355. The number of nitrogens with zero attached hydrogens (tertiary/aromatic N) is 2. The standard InChI is InChI=1S/C27H34N2O2/c30-26(31)19-11-6-4-2-1-3-5-7-14-22-29(24-16-9-8-10-17-24)27-25-18-13-12-15-23(25)20-21-28-27/h8-10,12-13,15-18,20-21H,1-7,11,14,19,22H2,(H,30,31). The van der Waals surface area contributed by atoms with Crippen molar-refractivity contribution >= 4 is 28.2 Å². The summed E-state index contributed by atoms with van der Waals surface area (Å²) in [5, 5.41) is 11.1. The molecule has 1 N–H and O–H groups in total. The van der Waals surface area contributed by atoms with E-state index >= 15 is 0 Å². The third kappa shape index (κ3) is 7.39. The third-order valence-electron chi connectivity index (χ3n) is 5.75. The summed E-state index contributed by atoms with van der Waals surface area (Å²) in [7, 11) is 0. The Bertz CT molecular complexity index is 921. The number of aromatic nitrogens is 1. The zero-order valence-electron chi connectivity index (χ0n) is 18.4. The van der Waals surface area contributed by atoms with Gasteiger partial charge in [0.15, 0.2) is 0 Å². The summed E-state index contributed by atoms with van der Waals surface area (Å²) < 4.78 is 0. The Hall–Kier alpha value is -2.88. The van der Waals surface area contributed by atoms with Gasteiger partial charge < -0.3 is 10.0 Å². The Kier molecular flexibility index (Phi) is 9.36. The molecule has 0 saturated carbocycles. The van der Waals surface area contributed by atoms with Crippen LogP contribution < -0.4 is 4.90 Å². The van der Waals surface area contributed by atoms with E-state index in [4.69, 9.17) is 10.1 Å². The van der Waals surface area contributed by atoms with Gasteiger partial charge in [-0.3, -0.25) is 4.79 Å². The van der Waals surface area contributed by atoms with Gasteiger partial charge in [-0.2, -0.15) is 0 Å². The molecule has 1 heterocycles. The fourth-order valence-electron chi connectivity index (χ4n) is 4.07. The Morgan fingerprint density at radius 3 is 2.06 bits per heavy atom. The van der Waals surface area contributed by atoms with Crippen LogP contribution in [0.1, 0.15) is 64.2 Å². The summed E-state index contributed by atoms with van der Waals surface area (Å²) in [6, 6.07) is 21.1. The molecule has 0 aliphatic heterocycles. The van der Waals surface area contributed by atoms with Crippen molar-refractivity contribution in [1.29, 1.82) is 0 Å². The molecule has 0 aliphatic carbocycles. The molecule has 0 bridgehead atoms. The van der Waals surface area contributed by atoms with Gasteiger partial charge in [0.1, 0.15) is 5.82 Å². The van der Waals surface area contributed by atoms with Crippen LogP contribution in [0.3, 0.4) is 0 Å². The minimum atomic E-state index is -0.678. The maximum Gasteiger partial charge on any atom is 0.303 e. The monoisotopic (exact) mass is 418 g/mol. The van der Waals surface area contributed by atoms with E-state index in [1.165, 1.54) is 48.6 Å². The van der Waals surface area contributed by atoms with Crippen LogP contribution in [0.4, 0.5) is 11.5 Å². The highest BCUT2D eigenvalue weighted by Gasteiger charge is 2.13. The normalized spacial score (nSPS) is 11.0. The number of carboxylic acid groups (broad SMARTS) is 1. The average molecular weight is 419 g/mol. The first-order valence-electron chi connectivity index (χ1n) is 11.6. The second-order valence-corrected chi connectivity index (χ2v) is 8.17. The summed E-state index contributed by atoms with van der Waals surface area (Å²) in [4.78, 5) is 17.6. The highest BCUT2D eigenvalue weighted by Crippen LogP contribution is 2.30. The second kappa shape index (κ2) is 12.7. The molecule has 0 fully saturated rings. The number of anilines is 2. The summed E-state index contributed by atoms with van der Waals surface area (Å²) in [5.41, 5.74) is 1.19. The molecule has 0 atom stereocenters. The van der Waals surface area contributed by atoms with E-state index in [1.54, 1.807) is 0 Å². The van der Waals surface area contributed by atoms with E-state index in [-0.39, 0.29) is 0 Å². The molecule has 3 rings (SSSR count). The third-order valence-corrected chi connectivity index (χ3v) is 5.75. The van der Waals surface area contributed by atoms with Crippen molar-refractivity contribution in [3.05, 3.63) is 66.9 Å². The van der Waals surface area contributed by atoms with Crippen LogP contribution in [0.15, 0.2) is 66.9 Å².